The third-order valence-corrected chi connectivity index (χ3v) is 17.9. The first-order valence-electron chi connectivity index (χ1n) is 26.0. The molecule has 2 nitrogen and oxygen atoms in total. The summed E-state index contributed by atoms with van der Waals surface area (Å²) in [5.74, 6) is 2.37. The molecule has 2 fully saturated rings. The molecule has 10 aromatic carbocycles. The van der Waals surface area contributed by atoms with Gasteiger partial charge in [0.1, 0.15) is 0 Å². The average Bonchev–Trinajstić information content (AvgIpc) is 3.90. The van der Waals surface area contributed by atoms with Crippen LogP contribution in [0, 0.1) is 46.3 Å². The predicted molar refractivity (Wildman–Crippen MR) is 294 cm³/mol. The summed E-state index contributed by atoms with van der Waals surface area (Å²) in [5.41, 5.74) is 20.2. The van der Waals surface area contributed by atoms with Crippen molar-refractivity contribution in [1.29, 1.82) is 10.5 Å². The topological polar surface area (TPSA) is 47.6 Å². The number of rotatable bonds is 5. The molecule has 5 atom stereocenters. The standard InChI is InChI=1S/C70H52N2/c1-43-34-46-36-44(2)69(52(35-43)37-46)63-33-28-45(41-71)38-60(63)61-40-59(49(42-72)39-65(61)69)47-29-31-48(32-30-47)66-53-20-9-11-22-55(53)67(56-23-12-10-21-54(56)66)58-25-15-27-64-68(58)57-24-13-14-26-62(57)70(64,50-16-5-3-6-17-50)51-18-7-4-8-19-51/h3-33,38-40,43-44,46,52H,34-37H2,1-2H3. The van der Waals surface area contributed by atoms with Crippen molar-refractivity contribution in [3.05, 3.63) is 251 Å². The van der Waals surface area contributed by atoms with E-state index in [2.05, 4.69) is 226 Å². The summed E-state index contributed by atoms with van der Waals surface area (Å²) in [4.78, 5) is 0. The lowest BCUT2D eigenvalue weighted by Gasteiger charge is -2.54. The largest absolute Gasteiger partial charge is 0.192 e. The SMILES string of the molecule is CC1CC2CC(C)C3(c4ccc(C#N)cc4-c4cc(-c5ccc(-c6c7ccccc7c(-c7cccc8c7-c7ccccc7C8(c7ccccc7)c7ccccc7)c7ccccc67)cc5)c(C#N)cc43)C(C1)C2. The van der Waals surface area contributed by atoms with Crippen LogP contribution >= 0.6 is 0 Å². The van der Waals surface area contributed by atoms with E-state index in [0.29, 0.717) is 28.9 Å². The summed E-state index contributed by atoms with van der Waals surface area (Å²) in [5, 5.41) is 26.0. The Balaban J connectivity index is 0.941. The first-order valence-corrected chi connectivity index (χ1v) is 26.0. The van der Waals surface area contributed by atoms with Gasteiger partial charge < -0.3 is 0 Å². The van der Waals surface area contributed by atoms with E-state index in [1.165, 1.54) is 120 Å². The summed E-state index contributed by atoms with van der Waals surface area (Å²) in [7, 11) is 0. The first kappa shape index (κ1) is 42.6. The van der Waals surface area contributed by atoms with Gasteiger partial charge in [-0.15, -0.1) is 0 Å². The predicted octanol–water partition coefficient (Wildman–Crippen LogP) is 17.5. The lowest BCUT2D eigenvalue weighted by Crippen LogP contribution is -2.49. The summed E-state index contributed by atoms with van der Waals surface area (Å²) in [6, 6.07) is 81.1. The Morgan fingerprint density at radius 3 is 1.65 bits per heavy atom. The summed E-state index contributed by atoms with van der Waals surface area (Å²) in [6.45, 7) is 4.89. The van der Waals surface area contributed by atoms with Crippen LogP contribution in [0.25, 0.3) is 77.2 Å². The second-order valence-electron chi connectivity index (χ2n) is 21.5. The molecule has 2 heteroatoms. The zero-order valence-corrected chi connectivity index (χ0v) is 40.7. The van der Waals surface area contributed by atoms with Crippen LogP contribution in [-0.4, -0.2) is 0 Å². The van der Waals surface area contributed by atoms with E-state index in [9.17, 15) is 10.5 Å². The average molecular weight is 921 g/mol. The molecular formula is C70H52N2. The third-order valence-electron chi connectivity index (χ3n) is 17.9. The van der Waals surface area contributed by atoms with E-state index in [4.69, 9.17) is 0 Å². The summed E-state index contributed by atoms with van der Waals surface area (Å²) >= 11 is 0. The molecule has 0 heterocycles. The molecule has 0 aliphatic heterocycles. The van der Waals surface area contributed by atoms with Gasteiger partial charge in [-0.05, 0) is 179 Å². The number of hydrogen-bond donors (Lipinski definition) is 0. The number of benzene rings is 10. The Bertz CT molecular complexity index is 3840. The molecule has 0 radical (unpaired) electrons. The maximum Gasteiger partial charge on any atom is 0.0998 e. The van der Waals surface area contributed by atoms with Crippen LogP contribution in [0.1, 0.15) is 84.0 Å². The molecule has 5 unspecified atom stereocenters. The number of fused-ring (bicyclic) bond motifs is 13. The highest BCUT2D eigenvalue weighted by atomic mass is 14.6. The van der Waals surface area contributed by atoms with Gasteiger partial charge in [0.15, 0.2) is 0 Å². The Morgan fingerprint density at radius 1 is 0.403 bits per heavy atom. The van der Waals surface area contributed by atoms with Gasteiger partial charge in [-0.25, -0.2) is 0 Å². The molecule has 14 rings (SSSR count). The minimum Gasteiger partial charge on any atom is -0.192 e. The van der Waals surface area contributed by atoms with Crippen molar-refractivity contribution in [2.45, 2.75) is 50.4 Å². The molecule has 0 saturated heterocycles. The number of hydrogen-bond acceptors (Lipinski definition) is 2. The lowest BCUT2D eigenvalue weighted by molar-refractivity contribution is 0.0426. The Hall–Kier alpha value is -8.30. The van der Waals surface area contributed by atoms with Crippen molar-refractivity contribution < 1.29 is 0 Å². The lowest BCUT2D eigenvalue weighted by atomic mass is 9.49. The zero-order valence-electron chi connectivity index (χ0n) is 40.7. The number of nitriles is 2. The molecule has 0 amide bonds. The van der Waals surface area contributed by atoms with Crippen molar-refractivity contribution in [1.82, 2.24) is 0 Å². The monoisotopic (exact) mass is 920 g/mol. The summed E-state index contributed by atoms with van der Waals surface area (Å²) < 4.78 is 0. The van der Waals surface area contributed by atoms with Gasteiger partial charge in [0.05, 0.1) is 28.7 Å². The molecule has 2 bridgehead atoms. The van der Waals surface area contributed by atoms with E-state index >= 15 is 0 Å². The quantitative estimate of drug-likeness (QED) is 0.162. The number of nitrogens with zero attached hydrogens (tertiary/aromatic N) is 2. The van der Waals surface area contributed by atoms with E-state index in [0.717, 1.165) is 22.6 Å². The zero-order chi connectivity index (χ0) is 48.3. The van der Waals surface area contributed by atoms with Crippen molar-refractivity contribution in [3.63, 3.8) is 0 Å². The van der Waals surface area contributed by atoms with E-state index in [-0.39, 0.29) is 5.41 Å². The van der Waals surface area contributed by atoms with Crippen LogP contribution in [0.15, 0.2) is 206 Å². The molecule has 4 aliphatic carbocycles. The Labute approximate surface area is 422 Å². The van der Waals surface area contributed by atoms with Crippen molar-refractivity contribution >= 4 is 21.5 Å². The molecule has 342 valence electrons. The minimum absolute atomic E-state index is 0.164. The maximum absolute atomic E-state index is 11.0. The van der Waals surface area contributed by atoms with Crippen molar-refractivity contribution in [2.24, 2.45) is 23.7 Å². The van der Waals surface area contributed by atoms with E-state index in [1.807, 2.05) is 6.07 Å². The molecule has 10 aromatic rings. The van der Waals surface area contributed by atoms with Crippen molar-refractivity contribution in [2.75, 3.05) is 0 Å². The fraction of sp³-hybridized carbons (Fsp3) is 0.171. The van der Waals surface area contributed by atoms with E-state index in [1.54, 1.807) is 0 Å². The highest BCUT2D eigenvalue weighted by molar-refractivity contribution is 6.23. The molecule has 2 saturated carbocycles. The minimum atomic E-state index is -0.502. The van der Waals surface area contributed by atoms with Crippen LogP contribution < -0.4 is 0 Å². The highest BCUT2D eigenvalue weighted by Gasteiger charge is 2.57. The van der Waals surface area contributed by atoms with Gasteiger partial charge >= 0.3 is 0 Å². The van der Waals surface area contributed by atoms with Crippen LogP contribution in [0.4, 0.5) is 0 Å². The van der Waals surface area contributed by atoms with Gasteiger partial charge in [0, 0.05) is 11.0 Å². The Kier molecular flexibility index (Phi) is 9.53. The normalized spacial score (nSPS) is 20.8. The van der Waals surface area contributed by atoms with Gasteiger partial charge in [-0.1, -0.05) is 196 Å². The van der Waals surface area contributed by atoms with Crippen LogP contribution in [-0.2, 0) is 10.8 Å². The van der Waals surface area contributed by atoms with Gasteiger partial charge in [-0.2, -0.15) is 10.5 Å². The van der Waals surface area contributed by atoms with Crippen LogP contribution in [0.2, 0.25) is 0 Å². The third kappa shape index (κ3) is 5.82. The second-order valence-corrected chi connectivity index (χ2v) is 21.5. The summed E-state index contributed by atoms with van der Waals surface area (Å²) in [6.07, 6.45) is 4.93. The van der Waals surface area contributed by atoms with Crippen LogP contribution in [0.3, 0.4) is 0 Å². The van der Waals surface area contributed by atoms with Gasteiger partial charge in [-0.3, -0.25) is 0 Å². The van der Waals surface area contributed by atoms with Crippen molar-refractivity contribution in [3.8, 4) is 67.8 Å². The molecule has 0 N–H and O–H groups in total. The Morgan fingerprint density at radius 2 is 0.986 bits per heavy atom. The molecular weight excluding hydrogens is 869 g/mol. The molecule has 4 aliphatic rings. The molecule has 1 spiro atoms. The second kappa shape index (κ2) is 16.1. The maximum atomic E-state index is 11.0. The van der Waals surface area contributed by atoms with Crippen LogP contribution in [0.5, 0.6) is 0 Å². The van der Waals surface area contributed by atoms with Gasteiger partial charge in [0.25, 0.3) is 0 Å². The smallest absolute Gasteiger partial charge is 0.0998 e. The van der Waals surface area contributed by atoms with Gasteiger partial charge in [0.2, 0.25) is 0 Å². The highest BCUT2D eigenvalue weighted by Crippen LogP contribution is 2.65. The fourth-order valence-electron chi connectivity index (χ4n) is 15.5. The fourth-order valence-corrected chi connectivity index (χ4v) is 15.5. The first-order chi connectivity index (χ1) is 35.4. The van der Waals surface area contributed by atoms with E-state index < -0.39 is 5.41 Å². The molecule has 0 aromatic heterocycles. The molecule has 72 heavy (non-hydrogen) atoms.